The average molecular weight is 429 g/mol. The summed E-state index contributed by atoms with van der Waals surface area (Å²) in [5.74, 6) is 0.778. The van der Waals surface area contributed by atoms with Gasteiger partial charge in [0.1, 0.15) is 5.75 Å². The summed E-state index contributed by atoms with van der Waals surface area (Å²) in [6.07, 6.45) is 10.3. The fraction of sp³-hybridized carbons (Fsp3) is 0.419. The van der Waals surface area contributed by atoms with E-state index >= 15 is 0 Å². The first-order chi connectivity index (χ1) is 15.6. The van der Waals surface area contributed by atoms with E-state index in [4.69, 9.17) is 0 Å². The van der Waals surface area contributed by atoms with E-state index < -0.39 is 0 Å². The number of aryl methyl sites for hydroxylation is 1. The molecule has 0 spiro atoms. The lowest BCUT2D eigenvalue weighted by atomic mass is 9.84. The number of hydrogen-bond acceptors (Lipinski definition) is 1. The molecule has 1 nitrogen and oxygen atoms in total. The molecule has 0 saturated carbocycles. The second-order valence-electron chi connectivity index (χ2n) is 9.26. The standard InChI is InChI=1S/C31H40O/c1-4-5-6-7-8-9-12-17-26-22-29(24(2)27-18-13-10-14-19-27)31(32)30(23-26)25(3)28-20-15-11-16-21-28/h10-11,13-16,18-25,32H,4-9,12,17H2,1-3H3. The van der Waals surface area contributed by atoms with Crippen molar-refractivity contribution in [3.63, 3.8) is 0 Å². The van der Waals surface area contributed by atoms with Gasteiger partial charge in [-0.05, 0) is 29.5 Å². The fourth-order valence-corrected chi connectivity index (χ4v) is 4.68. The van der Waals surface area contributed by atoms with Crippen molar-refractivity contribution in [2.45, 2.75) is 84.0 Å². The van der Waals surface area contributed by atoms with E-state index in [2.05, 4.69) is 93.6 Å². The van der Waals surface area contributed by atoms with Gasteiger partial charge in [0.2, 0.25) is 0 Å². The predicted octanol–water partition coefficient (Wildman–Crippen LogP) is 8.99. The molecule has 0 saturated heterocycles. The highest BCUT2D eigenvalue weighted by Crippen LogP contribution is 2.40. The minimum Gasteiger partial charge on any atom is -0.507 e. The second-order valence-corrected chi connectivity index (χ2v) is 9.26. The van der Waals surface area contributed by atoms with Gasteiger partial charge in [-0.25, -0.2) is 0 Å². The van der Waals surface area contributed by atoms with E-state index in [0.717, 1.165) is 17.5 Å². The van der Waals surface area contributed by atoms with Crippen LogP contribution in [0.15, 0.2) is 72.8 Å². The maximum absolute atomic E-state index is 11.4. The molecule has 0 bridgehead atoms. The summed E-state index contributed by atoms with van der Waals surface area (Å²) in [5, 5.41) is 11.4. The first kappa shape index (κ1) is 24.1. The van der Waals surface area contributed by atoms with E-state index in [1.165, 1.54) is 61.6 Å². The minimum absolute atomic E-state index is 0.159. The van der Waals surface area contributed by atoms with E-state index in [1.54, 1.807) is 0 Å². The molecule has 1 N–H and O–H groups in total. The molecule has 0 amide bonds. The van der Waals surface area contributed by atoms with Crippen LogP contribution in [0.1, 0.15) is 105 Å². The van der Waals surface area contributed by atoms with Gasteiger partial charge in [0.15, 0.2) is 0 Å². The molecule has 0 aromatic heterocycles. The smallest absolute Gasteiger partial charge is 0.123 e. The maximum atomic E-state index is 11.4. The number of rotatable bonds is 12. The quantitative estimate of drug-likeness (QED) is 0.285. The van der Waals surface area contributed by atoms with E-state index in [0.29, 0.717) is 5.75 Å². The molecule has 0 aliphatic carbocycles. The van der Waals surface area contributed by atoms with Gasteiger partial charge in [-0.2, -0.15) is 0 Å². The van der Waals surface area contributed by atoms with Crippen LogP contribution < -0.4 is 0 Å². The Morgan fingerprint density at radius 3 is 1.53 bits per heavy atom. The Labute approximate surface area is 195 Å². The Morgan fingerprint density at radius 2 is 1.06 bits per heavy atom. The molecule has 0 aliphatic rings. The number of unbranched alkanes of at least 4 members (excludes halogenated alkanes) is 6. The lowest BCUT2D eigenvalue weighted by Gasteiger charge is -2.22. The SMILES string of the molecule is CCCCCCCCCc1cc(C(C)c2ccccc2)c(O)c(C(C)c2ccccc2)c1. The lowest BCUT2D eigenvalue weighted by molar-refractivity contribution is 0.456. The number of hydrogen-bond donors (Lipinski definition) is 1. The van der Waals surface area contributed by atoms with E-state index in [9.17, 15) is 5.11 Å². The summed E-state index contributed by atoms with van der Waals surface area (Å²) < 4.78 is 0. The van der Waals surface area contributed by atoms with Gasteiger partial charge in [0, 0.05) is 23.0 Å². The van der Waals surface area contributed by atoms with Crippen LogP contribution in [-0.2, 0) is 6.42 Å². The van der Waals surface area contributed by atoms with Crippen molar-refractivity contribution >= 4 is 0 Å². The van der Waals surface area contributed by atoms with Crippen LogP contribution in [0.3, 0.4) is 0 Å². The topological polar surface area (TPSA) is 20.2 Å². The van der Waals surface area contributed by atoms with Crippen LogP contribution in [0.25, 0.3) is 0 Å². The molecule has 0 heterocycles. The molecule has 0 aliphatic heterocycles. The monoisotopic (exact) mass is 428 g/mol. The first-order valence-electron chi connectivity index (χ1n) is 12.6. The van der Waals surface area contributed by atoms with Gasteiger partial charge in [-0.1, -0.05) is 132 Å². The van der Waals surface area contributed by atoms with Gasteiger partial charge in [0.05, 0.1) is 0 Å². The third-order valence-corrected chi connectivity index (χ3v) is 6.83. The summed E-state index contributed by atoms with van der Waals surface area (Å²) in [4.78, 5) is 0. The Morgan fingerprint density at radius 1 is 0.625 bits per heavy atom. The summed E-state index contributed by atoms with van der Waals surface area (Å²) >= 11 is 0. The highest BCUT2D eigenvalue weighted by molar-refractivity contribution is 5.52. The summed E-state index contributed by atoms with van der Waals surface area (Å²) in [6, 6.07) is 25.6. The van der Waals surface area contributed by atoms with E-state index in [-0.39, 0.29) is 11.8 Å². The predicted molar refractivity (Wildman–Crippen MR) is 138 cm³/mol. The van der Waals surface area contributed by atoms with Gasteiger partial charge in [-0.15, -0.1) is 0 Å². The van der Waals surface area contributed by atoms with Crippen LogP contribution in [0, 0.1) is 0 Å². The third kappa shape index (κ3) is 6.48. The molecule has 0 radical (unpaired) electrons. The zero-order valence-electron chi connectivity index (χ0n) is 20.2. The molecule has 32 heavy (non-hydrogen) atoms. The van der Waals surface area contributed by atoms with Crippen molar-refractivity contribution in [2.75, 3.05) is 0 Å². The molecule has 0 fully saturated rings. The maximum Gasteiger partial charge on any atom is 0.123 e. The average Bonchev–Trinajstić information content (AvgIpc) is 2.84. The fourth-order valence-electron chi connectivity index (χ4n) is 4.68. The van der Waals surface area contributed by atoms with Crippen molar-refractivity contribution in [3.05, 3.63) is 101 Å². The first-order valence-corrected chi connectivity index (χ1v) is 12.6. The number of benzene rings is 3. The molecule has 170 valence electrons. The van der Waals surface area contributed by atoms with Crippen LogP contribution >= 0.6 is 0 Å². The zero-order valence-corrected chi connectivity index (χ0v) is 20.2. The number of aromatic hydroxyl groups is 1. The summed E-state index contributed by atoms with van der Waals surface area (Å²) in [7, 11) is 0. The van der Waals surface area contributed by atoms with Gasteiger partial charge >= 0.3 is 0 Å². The lowest BCUT2D eigenvalue weighted by Crippen LogP contribution is -2.04. The van der Waals surface area contributed by atoms with Crippen LogP contribution in [0.4, 0.5) is 0 Å². The van der Waals surface area contributed by atoms with Crippen LogP contribution in [0.5, 0.6) is 5.75 Å². The van der Waals surface area contributed by atoms with E-state index in [1.807, 2.05) is 0 Å². The highest BCUT2D eigenvalue weighted by Gasteiger charge is 2.21. The second kappa shape index (κ2) is 12.5. The molecular weight excluding hydrogens is 388 g/mol. The normalized spacial score (nSPS) is 13.1. The van der Waals surface area contributed by atoms with Crippen molar-refractivity contribution in [1.29, 1.82) is 0 Å². The largest absolute Gasteiger partial charge is 0.507 e. The number of phenolic OH excluding ortho intramolecular Hbond substituents is 1. The van der Waals surface area contributed by atoms with Crippen molar-refractivity contribution in [3.8, 4) is 5.75 Å². The Kier molecular flexibility index (Phi) is 9.41. The Bertz CT molecular complexity index is 863. The molecule has 3 rings (SSSR count). The minimum atomic E-state index is 0.159. The van der Waals surface area contributed by atoms with Gasteiger partial charge < -0.3 is 5.11 Å². The highest BCUT2D eigenvalue weighted by atomic mass is 16.3. The van der Waals surface area contributed by atoms with Gasteiger partial charge in [0.25, 0.3) is 0 Å². The zero-order chi connectivity index (χ0) is 22.8. The summed E-state index contributed by atoms with van der Waals surface area (Å²) in [5.41, 5.74) is 5.94. The van der Waals surface area contributed by atoms with Crippen molar-refractivity contribution < 1.29 is 5.11 Å². The molecule has 3 aromatic rings. The Hall–Kier alpha value is -2.54. The molecule has 2 unspecified atom stereocenters. The molecular formula is C31H40O. The summed E-state index contributed by atoms with van der Waals surface area (Å²) in [6.45, 7) is 6.69. The number of phenols is 1. The third-order valence-electron chi connectivity index (χ3n) is 6.83. The van der Waals surface area contributed by atoms with Crippen molar-refractivity contribution in [2.24, 2.45) is 0 Å². The molecule has 2 atom stereocenters. The van der Waals surface area contributed by atoms with Crippen LogP contribution in [0.2, 0.25) is 0 Å². The molecule has 1 heteroatoms. The van der Waals surface area contributed by atoms with Crippen molar-refractivity contribution in [1.82, 2.24) is 0 Å². The van der Waals surface area contributed by atoms with Crippen LogP contribution in [-0.4, -0.2) is 5.11 Å². The van der Waals surface area contributed by atoms with Gasteiger partial charge in [-0.3, -0.25) is 0 Å². The molecule has 3 aromatic carbocycles. The Balaban J connectivity index is 1.84.